The van der Waals surface area contributed by atoms with Crippen molar-refractivity contribution in [1.29, 1.82) is 0 Å². The van der Waals surface area contributed by atoms with Crippen LogP contribution in [-0.2, 0) is 19.1 Å². The van der Waals surface area contributed by atoms with Crippen LogP contribution >= 0.6 is 0 Å². The highest BCUT2D eigenvalue weighted by Gasteiger charge is 2.18. The Morgan fingerprint density at radius 3 is 2.33 bits per heavy atom. The molecule has 0 aromatic rings. The molecule has 0 N–H and O–H groups in total. The van der Waals surface area contributed by atoms with Gasteiger partial charge in [0.25, 0.3) is 0 Å². The quantitative estimate of drug-likeness (QED) is 0.600. The molecule has 0 aliphatic heterocycles. The van der Waals surface area contributed by atoms with Crippen molar-refractivity contribution in [2.45, 2.75) is 13.8 Å². The monoisotopic (exact) mass is 217 g/mol. The minimum atomic E-state index is -0.309. The highest BCUT2D eigenvalue weighted by molar-refractivity contribution is 5.76. The smallest absolute Gasteiger partial charge is 0.310 e. The Morgan fingerprint density at radius 1 is 1.33 bits per heavy atom. The normalized spacial score (nSPS) is 12.0. The molecule has 0 aliphatic carbocycles. The zero-order valence-electron chi connectivity index (χ0n) is 9.78. The number of carbonyl (C=O) groups is 2. The van der Waals surface area contributed by atoms with Crippen LogP contribution in [0.5, 0.6) is 0 Å². The minimum absolute atomic E-state index is 0.0668. The Labute approximate surface area is 90.3 Å². The van der Waals surface area contributed by atoms with Gasteiger partial charge in [-0.25, -0.2) is 0 Å². The highest BCUT2D eigenvalue weighted by atomic mass is 16.5. The number of hydrogen-bond donors (Lipinski definition) is 0. The molecule has 1 amide bonds. The lowest BCUT2D eigenvalue weighted by atomic mass is 10.1. The third kappa shape index (κ3) is 5.37. The molecule has 0 saturated heterocycles. The van der Waals surface area contributed by atoms with Crippen LogP contribution in [0, 0.1) is 5.92 Å². The van der Waals surface area contributed by atoms with Crippen LogP contribution in [-0.4, -0.2) is 50.7 Å². The number of methoxy groups -OCH3 is 2. The van der Waals surface area contributed by atoms with Crippen molar-refractivity contribution in [3.63, 3.8) is 0 Å². The maximum Gasteiger partial charge on any atom is 0.310 e. The first-order valence-electron chi connectivity index (χ1n) is 4.85. The Morgan fingerprint density at radius 2 is 1.93 bits per heavy atom. The van der Waals surface area contributed by atoms with Gasteiger partial charge in [0.15, 0.2) is 0 Å². The maximum atomic E-state index is 11.2. The van der Waals surface area contributed by atoms with Crippen LogP contribution in [0.25, 0.3) is 0 Å². The summed E-state index contributed by atoms with van der Waals surface area (Å²) < 4.78 is 9.47. The molecular weight excluding hydrogens is 198 g/mol. The summed E-state index contributed by atoms with van der Waals surface area (Å²) in [7, 11) is 2.91. The van der Waals surface area contributed by atoms with Crippen LogP contribution in [0.3, 0.4) is 0 Å². The molecule has 0 aromatic heterocycles. The number of esters is 1. The summed E-state index contributed by atoms with van der Waals surface area (Å²) in [6, 6.07) is 0. The summed E-state index contributed by atoms with van der Waals surface area (Å²) in [5.41, 5.74) is 0. The fourth-order valence-electron chi connectivity index (χ4n) is 1.19. The third-order valence-electron chi connectivity index (χ3n) is 2.11. The molecule has 0 aliphatic rings. The predicted octanol–water partition coefficient (Wildman–Crippen LogP) is 0.290. The predicted molar refractivity (Wildman–Crippen MR) is 55.3 cm³/mol. The number of carbonyl (C=O) groups excluding carboxylic acids is 2. The van der Waals surface area contributed by atoms with Crippen molar-refractivity contribution >= 4 is 11.9 Å². The molecule has 5 nitrogen and oxygen atoms in total. The van der Waals surface area contributed by atoms with Gasteiger partial charge in [-0.05, 0) is 0 Å². The first kappa shape index (κ1) is 13.9. The average Bonchev–Trinajstić information content (AvgIpc) is 2.22. The van der Waals surface area contributed by atoms with Gasteiger partial charge < -0.3 is 14.4 Å². The van der Waals surface area contributed by atoms with Crippen molar-refractivity contribution in [3.05, 3.63) is 0 Å². The third-order valence-corrected chi connectivity index (χ3v) is 2.11. The van der Waals surface area contributed by atoms with E-state index in [1.54, 1.807) is 18.9 Å². The summed E-state index contributed by atoms with van der Waals surface area (Å²) in [6.45, 7) is 4.53. The Kier molecular flexibility index (Phi) is 6.70. The zero-order valence-corrected chi connectivity index (χ0v) is 9.78. The van der Waals surface area contributed by atoms with E-state index in [9.17, 15) is 9.59 Å². The van der Waals surface area contributed by atoms with Crippen molar-refractivity contribution in [2.75, 3.05) is 33.9 Å². The fraction of sp³-hybridized carbons (Fsp3) is 0.800. The number of nitrogens with zero attached hydrogens (tertiary/aromatic N) is 1. The Hall–Kier alpha value is -1.10. The molecular formula is C10H19NO4. The van der Waals surface area contributed by atoms with E-state index in [0.29, 0.717) is 19.7 Å². The van der Waals surface area contributed by atoms with Crippen LogP contribution in [0.15, 0.2) is 0 Å². The van der Waals surface area contributed by atoms with Gasteiger partial charge in [-0.2, -0.15) is 0 Å². The second kappa shape index (κ2) is 7.23. The van der Waals surface area contributed by atoms with E-state index in [2.05, 4.69) is 4.74 Å². The van der Waals surface area contributed by atoms with E-state index in [4.69, 9.17) is 4.74 Å². The fourth-order valence-corrected chi connectivity index (χ4v) is 1.19. The van der Waals surface area contributed by atoms with E-state index in [0.717, 1.165) is 0 Å². The Bertz CT molecular complexity index is 217. The molecule has 0 heterocycles. The van der Waals surface area contributed by atoms with Crippen molar-refractivity contribution in [2.24, 2.45) is 5.92 Å². The first-order chi connectivity index (χ1) is 7.02. The number of hydrogen-bond acceptors (Lipinski definition) is 4. The second-order valence-corrected chi connectivity index (χ2v) is 3.38. The molecule has 1 atom stereocenters. The summed E-state index contributed by atoms with van der Waals surface area (Å²) in [5, 5.41) is 0. The van der Waals surface area contributed by atoms with Crippen LogP contribution in [0.2, 0.25) is 0 Å². The standard InChI is InChI=1S/C10H19NO4/c1-8(10(13)15-4)7-11(9(2)12)5-6-14-3/h8H,5-7H2,1-4H3. The van der Waals surface area contributed by atoms with Crippen molar-refractivity contribution in [1.82, 2.24) is 4.90 Å². The van der Waals surface area contributed by atoms with Gasteiger partial charge >= 0.3 is 5.97 Å². The molecule has 1 unspecified atom stereocenters. The molecule has 15 heavy (non-hydrogen) atoms. The Balaban J connectivity index is 4.15. The lowest BCUT2D eigenvalue weighted by molar-refractivity contribution is -0.146. The van der Waals surface area contributed by atoms with Crippen LogP contribution in [0.1, 0.15) is 13.8 Å². The van der Waals surface area contributed by atoms with E-state index in [1.165, 1.54) is 14.0 Å². The summed E-state index contributed by atoms with van der Waals surface area (Å²) in [6.07, 6.45) is 0. The molecule has 0 radical (unpaired) electrons. The lowest BCUT2D eigenvalue weighted by Crippen LogP contribution is -2.37. The van der Waals surface area contributed by atoms with Gasteiger partial charge in [-0.15, -0.1) is 0 Å². The van der Waals surface area contributed by atoms with E-state index in [-0.39, 0.29) is 17.8 Å². The lowest BCUT2D eigenvalue weighted by Gasteiger charge is -2.23. The molecule has 0 spiro atoms. The largest absolute Gasteiger partial charge is 0.469 e. The van der Waals surface area contributed by atoms with Crippen LogP contribution < -0.4 is 0 Å². The van der Waals surface area contributed by atoms with E-state index in [1.807, 2.05) is 0 Å². The van der Waals surface area contributed by atoms with Gasteiger partial charge in [-0.3, -0.25) is 9.59 Å². The molecule has 88 valence electrons. The van der Waals surface area contributed by atoms with Gasteiger partial charge in [0.1, 0.15) is 0 Å². The maximum absolute atomic E-state index is 11.2. The molecule has 0 bridgehead atoms. The van der Waals surface area contributed by atoms with Gasteiger partial charge in [0, 0.05) is 27.1 Å². The molecule has 0 rings (SSSR count). The molecule has 5 heteroatoms. The molecule has 0 aromatic carbocycles. The van der Waals surface area contributed by atoms with Crippen molar-refractivity contribution in [3.8, 4) is 0 Å². The summed E-state index contributed by atoms with van der Waals surface area (Å²) in [4.78, 5) is 23.9. The minimum Gasteiger partial charge on any atom is -0.469 e. The summed E-state index contributed by atoms with van der Waals surface area (Å²) >= 11 is 0. The number of amides is 1. The van der Waals surface area contributed by atoms with Gasteiger partial charge in [0.2, 0.25) is 5.91 Å². The second-order valence-electron chi connectivity index (χ2n) is 3.38. The van der Waals surface area contributed by atoms with Gasteiger partial charge in [-0.1, -0.05) is 6.92 Å². The first-order valence-corrected chi connectivity index (χ1v) is 4.85. The molecule has 0 saturated carbocycles. The topological polar surface area (TPSA) is 55.8 Å². The van der Waals surface area contributed by atoms with Crippen molar-refractivity contribution < 1.29 is 19.1 Å². The molecule has 0 fully saturated rings. The van der Waals surface area contributed by atoms with Gasteiger partial charge in [0.05, 0.1) is 19.6 Å². The average molecular weight is 217 g/mol. The highest BCUT2D eigenvalue weighted by Crippen LogP contribution is 2.02. The summed E-state index contributed by atoms with van der Waals surface area (Å²) in [5.74, 6) is -0.683. The SMILES string of the molecule is COCCN(CC(C)C(=O)OC)C(C)=O. The van der Waals surface area contributed by atoms with E-state index >= 15 is 0 Å². The number of rotatable bonds is 6. The number of ether oxygens (including phenoxy) is 2. The van der Waals surface area contributed by atoms with Crippen LogP contribution in [0.4, 0.5) is 0 Å². The van der Waals surface area contributed by atoms with E-state index < -0.39 is 0 Å². The zero-order chi connectivity index (χ0) is 11.8.